The fourth-order valence-corrected chi connectivity index (χ4v) is 3.48. The molecule has 0 N–H and O–H groups in total. The molecule has 0 amide bonds. The van der Waals surface area contributed by atoms with Crippen LogP contribution in [0.1, 0.15) is 63.0 Å². The number of hydrogen-bond acceptors (Lipinski definition) is 2. The van der Waals surface area contributed by atoms with Gasteiger partial charge in [0.15, 0.2) is 5.78 Å². The predicted octanol–water partition coefficient (Wildman–Crippen LogP) is 4.87. The van der Waals surface area contributed by atoms with Crippen molar-refractivity contribution in [1.82, 2.24) is 0 Å². The molecule has 1 atom stereocenters. The molecule has 0 spiro atoms. The molecule has 124 valence electrons. The van der Waals surface area contributed by atoms with Crippen molar-refractivity contribution >= 4 is 12.1 Å². The Balaban J connectivity index is 2.00. The normalized spacial score (nSPS) is 17.0. The lowest BCUT2D eigenvalue weighted by molar-refractivity contribution is -0.118. The zero-order chi connectivity index (χ0) is 16.8. The van der Waals surface area contributed by atoms with Gasteiger partial charge in [-0.2, -0.15) is 0 Å². The second kappa shape index (κ2) is 8.24. The van der Waals surface area contributed by atoms with Crippen molar-refractivity contribution in [2.24, 2.45) is 11.8 Å². The highest BCUT2D eigenvalue weighted by Gasteiger charge is 2.28. The summed E-state index contributed by atoms with van der Waals surface area (Å²) in [5.41, 5.74) is 2.77. The molecule has 2 heteroatoms. The number of carbonyl (C=O) groups is 2. The van der Waals surface area contributed by atoms with Gasteiger partial charge in [-0.1, -0.05) is 64.0 Å². The summed E-state index contributed by atoms with van der Waals surface area (Å²) >= 11 is 0. The van der Waals surface area contributed by atoms with Crippen molar-refractivity contribution in [1.29, 1.82) is 0 Å². The molecule has 1 unspecified atom stereocenters. The standard InChI is InChI=1S/C21H28O2/c1-15(2)18-11-9-17(10-12-18)13-21(23)16(3)20(14-22)19-7-5-4-6-8-19/h9-12,14-15,19-20H,3-8,13H2,1-2H3. The Morgan fingerprint density at radius 1 is 1.17 bits per heavy atom. The van der Waals surface area contributed by atoms with E-state index in [1.807, 2.05) is 12.1 Å². The van der Waals surface area contributed by atoms with Crippen LogP contribution in [0.2, 0.25) is 0 Å². The van der Waals surface area contributed by atoms with E-state index in [-0.39, 0.29) is 11.7 Å². The number of benzene rings is 1. The van der Waals surface area contributed by atoms with Crippen LogP contribution >= 0.6 is 0 Å². The van der Waals surface area contributed by atoms with Gasteiger partial charge in [0, 0.05) is 12.3 Å². The van der Waals surface area contributed by atoms with Crippen LogP contribution in [0.3, 0.4) is 0 Å². The summed E-state index contributed by atoms with van der Waals surface area (Å²) < 4.78 is 0. The van der Waals surface area contributed by atoms with E-state index in [0.717, 1.165) is 37.5 Å². The van der Waals surface area contributed by atoms with E-state index < -0.39 is 0 Å². The molecular formula is C21H28O2. The van der Waals surface area contributed by atoms with E-state index in [0.29, 0.717) is 23.8 Å². The average Bonchev–Trinajstić information content (AvgIpc) is 2.57. The summed E-state index contributed by atoms with van der Waals surface area (Å²) in [6.07, 6.45) is 6.93. The van der Waals surface area contributed by atoms with Crippen molar-refractivity contribution in [2.75, 3.05) is 0 Å². The molecule has 0 aliphatic heterocycles. The summed E-state index contributed by atoms with van der Waals surface area (Å²) in [7, 11) is 0. The first kappa shape index (κ1) is 17.7. The van der Waals surface area contributed by atoms with Gasteiger partial charge >= 0.3 is 0 Å². The van der Waals surface area contributed by atoms with Gasteiger partial charge < -0.3 is 4.79 Å². The van der Waals surface area contributed by atoms with Gasteiger partial charge in [0.05, 0.1) is 0 Å². The van der Waals surface area contributed by atoms with E-state index in [4.69, 9.17) is 0 Å². The maximum Gasteiger partial charge on any atom is 0.163 e. The van der Waals surface area contributed by atoms with Crippen molar-refractivity contribution in [2.45, 2.75) is 58.3 Å². The highest BCUT2D eigenvalue weighted by molar-refractivity contribution is 5.99. The van der Waals surface area contributed by atoms with Crippen LogP contribution in [0.4, 0.5) is 0 Å². The molecule has 1 saturated carbocycles. The third-order valence-electron chi connectivity index (χ3n) is 5.08. The first-order valence-corrected chi connectivity index (χ1v) is 8.79. The molecule has 0 saturated heterocycles. The molecule has 1 aromatic rings. The molecule has 23 heavy (non-hydrogen) atoms. The molecule has 1 fully saturated rings. The number of carbonyl (C=O) groups excluding carboxylic acids is 2. The fourth-order valence-electron chi connectivity index (χ4n) is 3.48. The maximum absolute atomic E-state index is 12.5. The van der Waals surface area contributed by atoms with E-state index in [2.05, 4.69) is 32.6 Å². The van der Waals surface area contributed by atoms with Crippen LogP contribution in [0.25, 0.3) is 0 Å². The van der Waals surface area contributed by atoms with Gasteiger partial charge in [0.1, 0.15) is 6.29 Å². The molecule has 1 aromatic carbocycles. The number of Topliss-reactive ketones (excluding diaryl/α,β-unsaturated/α-hetero) is 1. The van der Waals surface area contributed by atoms with Crippen LogP contribution in [-0.2, 0) is 16.0 Å². The SMILES string of the molecule is C=C(C(=O)Cc1ccc(C(C)C)cc1)C(C=O)C1CCCCC1. The first-order chi connectivity index (χ1) is 11.0. The molecule has 2 rings (SSSR count). The number of allylic oxidation sites excluding steroid dienone is 1. The Morgan fingerprint density at radius 2 is 1.78 bits per heavy atom. The Morgan fingerprint density at radius 3 is 2.30 bits per heavy atom. The molecule has 1 aliphatic rings. The lowest BCUT2D eigenvalue weighted by Gasteiger charge is -2.27. The van der Waals surface area contributed by atoms with Gasteiger partial charge in [-0.15, -0.1) is 0 Å². The lowest BCUT2D eigenvalue weighted by atomic mass is 9.76. The van der Waals surface area contributed by atoms with Crippen molar-refractivity contribution in [3.05, 3.63) is 47.5 Å². The summed E-state index contributed by atoms with van der Waals surface area (Å²) in [4.78, 5) is 24.0. The Labute approximate surface area is 140 Å². The predicted molar refractivity (Wildman–Crippen MR) is 94.5 cm³/mol. The quantitative estimate of drug-likeness (QED) is 0.531. The topological polar surface area (TPSA) is 34.1 Å². The molecular weight excluding hydrogens is 284 g/mol. The van der Waals surface area contributed by atoms with Crippen LogP contribution in [-0.4, -0.2) is 12.1 Å². The Bertz CT molecular complexity index is 548. The van der Waals surface area contributed by atoms with Crippen molar-refractivity contribution in [3.8, 4) is 0 Å². The lowest BCUT2D eigenvalue weighted by Crippen LogP contribution is -2.25. The summed E-state index contributed by atoms with van der Waals surface area (Å²) in [6, 6.07) is 8.18. The second-order valence-corrected chi connectivity index (χ2v) is 7.08. The van der Waals surface area contributed by atoms with Gasteiger partial charge in [-0.3, -0.25) is 4.79 Å². The van der Waals surface area contributed by atoms with Gasteiger partial charge in [0.2, 0.25) is 0 Å². The van der Waals surface area contributed by atoms with Crippen LogP contribution in [0.15, 0.2) is 36.4 Å². The smallest absolute Gasteiger partial charge is 0.163 e. The zero-order valence-electron chi connectivity index (χ0n) is 14.4. The zero-order valence-corrected chi connectivity index (χ0v) is 14.4. The van der Waals surface area contributed by atoms with Crippen LogP contribution in [0, 0.1) is 11.8 Å². The monoisotopic (exact) mass is 312 g/mol. The third-order valence-corrected chi connectivity index (χ3v) is 5.08. The van der Waals surface area contributed by atoms with Crippen LogP contribution < -0.4 is 0 Å². The Hall–Kier alpha value is -1.70. The van der Waals surface area contributed by atoms with Crippen molar-refractivity contribution < 1.29 is 9.59 Å². The molecule has 0 radical (unpaired) electrons. The molecule has 0 bridgehead atoms. The Kier molecular flexibility index (Phi) is 6.32. The maximum atomic E-state index is 12.5. The highest BCUT2D eigenvalue weighted by Crippen LogP contribution is 2.33. The largest absolute Gasteiger partial charge is 0.303 e. The molecule has 0 aromatic heterocycles. The summed E-state index contributed by atoms with van der Waals surface area (Å²) in [5, 5.41) is 0. The number of rotatable bonds is 7. The third kappa shape index (κ3) is 4.63. The molecule has 1 aliphatic carbocycles. The molecule has 2 nitrogen and oxygen atoms in total. The first-order valence-electron chi connectivity index (χ1n) is 8.79. The van der Waals surface area contributed by atoms with E-state index in [9.17, 15) is 9.59 Å². The number of hydrogen-bond donors (Lipinski definition) is 0. The highest BCUT2D eigenvalue weighted by atomic mass is 16.1. The number of ketones is 1. The van der Waals surface area contributed by atoms with E-state index in [1.165, 1.54) is 12.0 Å². The fraction of sp³-hybridized carbons (Fsp3) is 0.524. The average molecular weight is 312 g/mol. The van der Waals surface area contributed by atoms with Gasteiger partial charge in [-0.25, -0.2) is 0 Å². The molecule has 0 heterocycles. The van der Waals surface area contributed by atoms with E-state index >= 15 is 0 Å². The second-order valence-electron chi connectivity index (χ2n) is 7.08. The minimum atomic E-state index is -0.294. The van der Waals surface area contributed by atoms with Gasteiger partial charge in [-0.05, 0) is 41.4 Å². The van der Waals surface area contributed by atoms with E-state index in [1.54, 1.807) is 0 Å². The summed E-state index contributed by atoms with van der Waals surface area (Å²) in [6.45, 7) is 8.27. The van der Waals surface area contributed by atoms with Crippen molar-refractivity contribution in [3.63, 3.8) is 0 Å². The number of aldehydes is 1. The minimum absolute atomic E-state index is 0.00460. The minimum Gasteiger partial charge on any atom is -0.303 e. The van der Waals surface area contributed by atoms with Crippen LogP contribution in [0.5, 0.6) is 0 Å². The summed E-state index contributed by atoms with van der Waals surface area (Å²) in [5.74, 6) is 0.504. The van der Waals surface area contributed by atoms with Gasteiger partial charge in [0.25, 0.3) is 0 Å².